The van der Waals surface area contributed by atoms with Crippen LogP contribution >= 0.6 is 15.9 Å². The highest BCUT2D eigenvalue weighted by Crippen LogP contribution is 2.37. The Bertz CT molecular complexity index is 776. The molecule has 2 N–H and O–H groups in total. The van der Waals surface area contributed by atoms with Gasteiger partial charge in [0, 0.05) is 10.0 Å². The van der Waals surface area contributed by atoms with Crippen molar-refractivity contribution in [2.45, 2.75) is 6.92 Å². The van der Waals surface area contributed by atoms with Crippen LogP contribution in [0.4, 0.5) is 10.3 Å². The largest absolute Gasteiger partial charge is 0.367 e. The molecule has 0 radical (unpaired) electrons. The van der Waals surface area contributed by atoms with Gasteiger partial charge in [0.1, 0.15) is 11.5 Å². The third kappa shape index (κ3) is 2.69. The summed E-state index contributed by atoms with van der Waals surface area (Å²) in [5.41, 5.74) is 9.43. The summed E-state index contributed by atoms with van der Waals surface area (Å²) in [7, 11) is 0. The van der Waals surface area contributed by atoms with Crippen LogP contribution in [-0.4, -0.2) is 5.16 Å². The molecule has 1 aromatic heterocycles. The van der Waals surface area contributed by atoms with Crippen molar-refractivity contribution in [1.29, 1.82) is 0 Å². The Morgan fingerprint density at radius 2 is 1.81 bits per heavy atom. The van der Waals surface area contributed by atoms with Gasteiger partial charge in [0.2, 0.25) is 5.88 Å². The summed E-state index contributed by atoms with van der Waals surface area (Å²) in [6.07, 6.45) is 0. The van der Waals surface area contributed by atoms with Gasteiger partial charge in [-0.2, -0.15) is 0 Å². The van der Waals surface area contributed by atoms with Gasteiger partial charge in [0.25, 0.3) is 0 Å². The van der Waals surface area contributed by atoms with Crippen LogP contribution in [0, 0.1) is 12.7 Å². The number of aryl methyl sites for hydroxylation is 1. The Labute approximate surface area is 129 Å². The lowest BCUT2D eigenvalue weighted by molar-refractivity contribution is 0.439. The molecule has 3 aromatic rings. The van der Waals surface area contributed by atoms with E-state index < -0.39 is 0 Å². The van der Waals surface area contributed by atoms with Gasteiger partial charge in [-0.25, -0.2) is 4.39 Å². The van der Waals surface area contributed by atoms with Gasteiger partial charge in [-0.05, 0) is 48.4 Å². The minimum atomic E-state index is -0.312. The van der Waals surface area contributed by atoms with Crippen LogP contribution in [0.3, 0.4) is 0 Å². The van der Waals surface area contributed by atoms with E-state index in [1.54, 1.807) is 0 Å². The van der Waals surface area contributed by atoms with Gasteiger partial charge in [-0.3, -0.25) is 0 Å². The number of nitrogens with zero attached hydrogens (tertiary/aromatic N) is 1. The predicted molar refractivity (Wildman–Crippen MR) is 84.2 cm³/mol. The van der Waals surface area contributed by atoms with Crippen molar-refractivity contribution in [3.8, 4) is 22.4 Å². The fourth-order valence-corrected chi connectivity index (χ4v) is 2.53. The van der Waals surface area contributed by atoms with Crippen molar-refractivity contribution >= 4 is 21.8 Å². The molecule has 0 saturated carbocycles. The number of hydrogen-bond acceptors (Lipinski definition) is 3. The summed E-state index contributed by atoms with van der Waals surface area (Å²) in [5.74, 6) is -0.0948. The van der Waals surface area contributed by atoms with Crippen LogP contribution in [0.5, 0.6) is 0 Å². The first kappa shape index (κ1) is 13.8. The number of nitrogen functional groups attached to an aromatic ring is 1. The fourth-order valence-electron chi connectivity index (χ4n) is 2.27. The molecule has 3 rings (SSSR count). The highest BCUT2D eigenvalue weighted by Gasteiger charge is 2.18. The average molecular weight is 347 g/mol. The van der Waals surface area contributed by atoms with E-state index in [1.807, 2.05) is 37.3 Å². The Morgan fingerprint density at radius 1 is 1.10 bits per heavy atom. The van der Waals surface area contributed by atoms with Crippen LogP contribution < -0.4 is 5.73 Å². The molecule has 0 aliphatic rings. The van der Waals surface area contributed by atoms with Crippen LogP contribution in [0.1, 0.15) is 5.56 Å². The molecule has 0 bridgehead atoms. The van der Waals surface area contributed by atoms with Crippen LogP contribution in [0.2, 0.25) is 0 Å². The number of hydrogen-bond donors (Lipinski definition) is 1. The summed E-state index contributed by atoms with van der Waals surface area (Å²) in [6.45, 7) is 1.83. The van der Waals surface area contributed by atoms with Gasteiger partial charge < -0.3 is 10.3 Å². The molecule has 0 aliphatic heterocycles. The summed E-state index contributed by atoms with van der Waals surface area (Å²) >= 11 is 3.39. The zero-order valence-corrected chi connectivity index (χ0v) is 12.8. The zero-order valence-electron chi connectivity index (χ0n) is 11.2. The molecule has 0 amide bonds. The van der Waals surface area contributed by atoms with E-state index in [0.717, 1.165) is 15.6 Å². The molecular formula is C16H12BrFN2O. The van der Waals surface area contributed by atoms with E-state index in [4.69, 9.17) is 10.3 Å². The Morgan fingerprint density at radius 3 is 2.48 bits per heavy atom. The number of benzene rings is 2. The Balaban J connectivity index is 2.19. The molecule has 106 valence electrons. The number of aromatic nitrogens is 1. The molecule has 0 spiro atoms. The molecule has 2 aromatic carbocycles. The van der Waals surface area contributed by atoms with Crippen molar-refractivity contribution in [2.75, 3.05) is 5.73 Å². The van der Waals surface area contributed by atoms with Gasteiger partial charge in [0.05, 0.1) is 5.56 Å². The minimum Gasteiger partial charge on any atom is -0.367 e. The number of rotatable bonds is 2. The molecule has 0 saturated heterocycles. The first-order valence-corrected chi connectivity index (χ1v) is 7.12. The van der Waals surface area contributed by atoms with Crippen molar-refractivity contribution in [2.24, 2.45) is 0 Å². The van der Waals surface area contributed by atoms with E-state index in [9.17, 15) is 4.39 Å². The second-order valence-electron chi connectivity index (χ2n) is 4.79. The van der Waals surface area contributed by atoms with Gasteiger partial charge in [0.15, 0.2) is 0 Å². The zero-order chi connectivity index (χ0) is 15.0. The quantitative estimate of drug-likeness (QED) is 0.724. The second kappa shape index (κ2) is 5.33. The molecule has 3 nitrogen and oxygen atoms in total. The fraction of sp³-hybridized carbons (Fsp3) is 0.0625. The summed E-state index contributed by atoms with van der Waals surface area (Å²) in [4.78, 5) is 0. The van der Waals surface area contributed by atoms with Gasteiger partial charge in [-0.15, -0.1) is 0 Å². The van der Waals surface area contributed by atoms with Gasteiger partial charge in [-0.1, -0.05) is 33.2 Å². The summed E-state index contributed by atoms with van der Waals surface area (Å²) in [5, 5.41) is 3.99. The maximum absolute atomic E-state index is 13.6. The number of anilines is 1. The highest BCUT2D eigenvalue weighted by molar-refractivity contribution is 9.10. The molecule has 21 heavy (non-hydrogen) atoms. The third-order valence-corrected chi connectivity index (χ3v) is 3.70. The SMILES string of the molecule is Cc1cc(F)cc(-c2noc(N)c2-c2ccc(Br)cc2)c1. The smallest absolute Gasteiger partial charge is 0.230 e. The van der Waals surface area contributed by atoms with E-state index in [-0.39, 0.29) is 11.7 Å². The van der Waals surface area contributed by atoms with Crippen molar-refractivity contribution < 1.29 is 8.91 Å². The van der Waals surface area contributed by atoms with Crippen molar-refractivity contribution in [3.05, 3.63) is 58.3 Å². The minimum absolute atomic E-state index is 0.217. The van der Waals surface area contributed by atoms with Crippen LogP contribution in [-0.2, 0) is 0 Å². The number of halogens is 2. The standard InChI is InChI=1S/C16H12BrFN2O/c1-9-6-11(8-13(18)7-9)15-14(16(19)21-20-15)10-2-4-12(17)5-3-10/h2-8H,19H2,1H3. The molecule has 0 atom stereocenters. The maximum Gasteiger partial charge on any atom is 0.230 e. The predicted octanol–water partition coefficient (Wildman–Crippen LogP) is 4.80. The van der Waals surface area contributed by atoms with E-state index >= 15 is 0 Å². The van der Waals surface area contributed by atoms with Crippen molar-refractivity contribution in [1.82, 2.24) is 5.16 Å². The molecule has 5 heteroatoms. The monoisotopic (exact) mass is 346 g/mol. The van der Waals surface area contributed by atoms with Gasteiger partial charge >= 0.3 is 0 Å². The van der Waals surface area contributed by atoms with Crippen LogP contribution in [0.15, 0.2) is 51.5 Å². The Kier molecular flexibility index (Phi) is 3.51. The highest BCUT2D eigenvalue weighted by atomic mass is 79.9. The molecule has 1 heterocycles. The third-order valence-electron chi connectivity index (χ3n) is 3.17. The Hall–Kier alpha value is -2.14. The lowest BCUT2D eigenvalue weighted by atomic mass is 10.00. The first-order valence-electron chi connectivity index (χ1n) is 6.33. The maximum atomic E-state index is 13.6. The number of nitrogens with two attached hydrogens (primary N) is 1. The lowest BCUT2D eigenvalue weighted by Gasteiger charge is -2.04. The van der Waals surface area contributed by atoms with Crippen molar-refractivity contribution in [3.63, 3.8) is 0 Å². The topological polar surface area (TPSA) is 52.0 Å². The molecule has 0 fully saturated rings. The molecular weight excluding hydrogens is 335 g/mol. The van der Waals surface area contributed by atoms with E-state index in [2.05, 4.69) is 21.1 Å². The van der Waals surface area contributed by atoms with E-state index in [0.29, 0.717) is 16.8 Å². The normalized spacial score (nSPS) is 10.8. The second-order valence-corrected chi connectivity index (χ2v) is 5.71. The summed E-state index contributed by atoms with van der Waals surface area (Å²) < 4.78 is 19.7. The van der Waals surface area contributed by atoms with Crippen LogP contribution in [0.25, 0.3) is 22.4 Å². The first-order chi connectivity index (χ1) is 10.0. The molecule has 0 unspecified atom stereocenters. The molecule has 0 aliphatic carbocycles. The van der Waals surface area contributed by atoms with E-state index in [1.165, 1.54) is 12.1 Å². The average Bonchev–Trinajstić information content (AvgIpc) is 2.80. The summed E-state index contributed by atoms with van der Waals surface area (Å²) in [6, 6.07) is 12.4. The lowest BCUT2D eigenvalue weighted by Crippen LogP contribution is -1.89.